The first-order valence-electron chi connectivity index (χ1n) is 5.42. The second kappa shape index (κ2) is 4.79. The van der Waals surface area contributed by atoms with Gasteiger partial charge in [-0.3, -0.25) is 0 Å². The molecular weight excluding hydrogens is 243 g/mol. The van der Waals surface area contributed by atoms with Crippen LogP contribution in [0.1, 0.15) is 25.2 Å². The molecule has 0 aromatic carbocycles. The van der Waals surface area contributed by atoms with E-state index in [1.54, 1.807) is 0 Å². The minimum absolute atomic E-state index is 0.0111. The Morgan fingerprint density at radius 1 is 1.35 bits per heavy atom. The predicted molar refractivity (Wildman–Crippen MR) is 62.9 cm³/mol. The molecule has 0 atom stereocenters. The van der Waals surface area contributed by atoms with Gasteiger partial charge >= 0.3 is 0 Å². The van der Waals surface area contributed by atoms with Crippen LogP contribution in [0.4, 0.5) is 4.39 Å². The van der Waals surface area contributed by atoms with Gasteiger partial charge in [0.15, 0.2) is 11.6 Å². The summed E-state index contributed by atoms with van der Waals surface area (Å²) in [6, 6.07) is 1.94. The maximum atomic E-state index is 13.6. The molecule has 2 heterocycles. The molecule has 0 bridgehead atoms. The molecule has 2 aromatic heterocycles. The molecule has 0 unspecified atom stereocenters. The third-order valence-corrected chi connectivity index (χ3v) is 2.64. The Balaban J connectivity index is 2.58. The van der Waals surface area contributed by atoms with Crippen molar-refractivity contribution in [3.05, 3.63) is 34.8 Å². The fraction of sp³-hybridized carbons (Fsp3) is 0.364. The summed E-state index contributed by atoms with van der Waals surface area (Å²) >= 11 is 5.67. The Morgan fingerprint density at radius 3 is 2.76 bits per heavy atom. The van der Waals surface area contributed by atoms with Crippen LogP contribution in [-0.4, -0.2) is 19.7 Å². The number of hydrogen-bond donors (Lipinski definition) is 0. The zero-order valence-electron chi connectivity index (χ0n) is 9.61. The van der Waals surface area contributed by atoms with E-state index < -0.39 is 5.82 Å². The highest BCUT2D eigenvalue weighted by molar-refractivity contribution is 6.28. The van der Waals surface area contributed by atoms with E-state index in [4.69, 9.17) is 11.6 Å². The van der Waals surface area contributed by atoms with Gasteiger partial charge in [0.25, 0.3) is 0 Å². The fourth-order valence-corrected chi connectivity index (χ4v) is 1.70. The summed E-state index contributed by atoms with van der Waals surface area (Å²) in [4.78, 5) is 7.46. The van der Waals surface area contributed by atoms with E-state index >= 15 is 0 Å². The Morgan fingerprint density at radius 2 is 2.12 bits per heavy atom. The first-order valence-corrected chi connectivity index (χ1v) is 5.79. The van der Waals surface area contributed by atoms with Crippen LogP contribution in [0.5, 0.6) is 0 Å². The summed E-state index contributed by atoms with van der Waals surface area (Å²) in [5.41, 5.74) is 1.80. The standard InChI is InChI=1S/C11H12ClFN4/c1-3-7-5-8(4-2)17(16-7)10-9(13)6-14-11(12)15-10/h5-6H,3-4H2,1-2H3. The number of hydrogen-bond acceptors (Lipinski definition) is 3. The topological polar surface area (TPSA) is 43.6 Å². The van der Waals surface area contributed by atoms with Gasteiger partial charge in [0, 0.05) is 5.69 Å². The molecule has 0 aliphatic heterocycles. The zero-order chi connectivity index (χ0) is 12.4. The van der Waals surface area contributed by atoms with Crippen LogP contribution >= 0.6 is 11.6 Å². The van der Waals surface area contributed by atoms with Gasteiger partial charge < -0.3 is 0 Å². The molecule has 0 amide bonds. The average molecular weight is 255 g/mol. The Labute approximate surface area is 103 Å². The van der Waals surface area contributed by atoms with Crippen molar-refractivity contribution in [1.29, 1.82) is 0 Å². The lowest BCUT2D eigenvalue weighted by atomic mass is 10.2. The number of nitrogens with zero attached hydrogens (tertiary/aromatic N) is 4. The van der Waals surface area contributed by atoms with Crippen LogP contribution in [0.15, 0.2) is 12.3 Å². The van der Waals surface area contributed by atoms with Gasteiger partial charge in [0.2, 0.25) is 5.28 Å². The third kappa shape index (κ3) is 2.29. The number of rotatable bonds is 3. The second-order valence-corrected chi connectivity index (χ2v) is 3.89. The molecule has 90 valence electrons. The van der Waals surface area contributed by atoms with Crippen molar-refractivity contribution in [1.82, 2.24) is 19.7 Å². The van der Waals surface area contributed by atoms with Crippen molar-refractivity contribution in [2.24, 2.45) is 0 Å². The fourth-order valence-electron chi connectivity index (χ4n) is 1.57. The summed E-state index contributed by atoms with van der Waals surface area (Å²) in [6.07, 6.45) is 2.59. The molecule has 0 saturated heterocycles. The Bertz CT molecular complexity index is 538. The van der Waals surface area contributed by atoms with Crippen molar-refractivity contribution in [2.75, 3.05) is 0 Å². The quantitative estimate of drug-likeness (QED) is 0.791. The second-order valence-electron chi connectivity index (χ2n) is 3.56. The molecule has 6 heteroatoms. The Kier molecular flexibility index (Phi) is 3.38. The smallest absolute Gasteiger partial charge is 0.223 e. The van der Waals surface area contributed by atoms with E-state index in [0.717, 1.165) is 30.4 Å². The van der Waals surface area contributed by atoms with Gasteiger partial charge in [-0.1, -0.05) is 13.8 Å². The van der Waals surface area contributed by atoms with Crippen molar-refractivity contribution in [3.63, 3.8) is 0 Å². The highest BCUT2D eigenvalue weighted by Crippen LogP contribution is 2.16. The molecule has 0 aliphatic carbocycles. The zero-order valence-corrected chi connectivity index (χ0v) is 10.4. The van der Waals surface area contributed by atoms with Crippen LogP contribution < -0.4 is 0 Å². The van der Waals surface area contributed by atoms with Crippen LogP contribution in [0, 0.1) is 5.82 Å². The molecule has 0 N–H and O–H groups in total. The van der Waals surface area contributed by atoms with Gasteiger partial charge in [0.1, 0.15) is 0 Å². The van der Waals surface area contributed by atoms with Gasteiger partial charge in [-0.05, 0) is 30.5 Å². The monoisotopic (exact) mass is 254 g/mol. The summed E-state index contributed by atoms with van der Waals surface area (Å²) in [5.74, 6) is -0.434. The normalized spacial score (nSPS) is 10.8. The van der Waals surface area contributed by atoms with E-state index in [0.29, 0.717) is 0 Å². The molecule has 2 rings (SSSR count). The van der Waals surface area contributed by atoms with Crippen molar-refractivity contribution < 1.29 is 4.39 Å². The molecular formula is C11H12ClFN4. The first kappa shape index (κ1) is 12.0. The van der Waals surface area contributed by atoms with Gasteiger partial charge in [-0.15, -0.1) is 0 Å². The molecule has 17 heavy (non-hydrogen) atoms. The highest BCUT2D eigenvalue weighted by Gasteiger charge is 2.13. The van der Waals surface area contributed by atoms with E-state index in [1.165, 1.54) is 4.68 Å². The lowest BCUT2D eigenvalue weighted by Gasteiger charge is -2.05. The van der Waals surface area contributed by atoms with E-state index in [9.17, 15) is 4.39 Å². The number of halogens is 2. The van der Waals surface area contributed by atoms with Crippen molar-refractivity contribution in [3.8, 4) is 5.82 Å². The first-order chi connectivity index (χ1) is 8.15. The summed E-state index contributed by atoms with van der Waals surface area (Å²) in [7, 11) is 0. The van der Waals surface area contributed by atoms with Gasteiger partial charge in [0.05, 0.1) is 11.9 Å². The maximum Gasteiger partial charge on any atom is 0.224 e. The van der Waals surface area contributed by atoms with Crippen LogP contribution in [0.25, 0.3) is 5.82 Å². The van der Waals surface area contributed by atoms with E-state index in [-0.39, 0.29) is 11.1 Å². The molecule has 2 aromatic rings. The van der Waals surface area contributed by atoms with Crippen molar-refractivity contribution >= 4 is 11.6 Å². The maximum absolute atomic E-state index is 13.6. The van der Waals surface area contributed by atoms with Crippen LogP contribution in [0.2, 0.25) is 5.28 Å². The average Bonchev–Trinajstić information content (AvgIpc) is 2.75. The lowest BCUT2D eigenvalue weighted by Crippen LogP contribution is -2.07. The third-order valence-electron chi connectivity index (χ3n) is 2.46. The number of aromatic nitrogens is 4. The van der Waals surface area contributed by atoms with Gasteiger partial charge in [-0.25, -0.2) is 14.1 Å². The predicted octanol–water partition coefficient (Wildman–Crippen LogP) is 2.58. The van der Waals surface area contributed by atoms with Crippen LogP contribution in [0.3, 0.4) is 0 Å². The summed E-state index contributed by atoms with van der Waals surface area (Å²) in [6.45, 7) is 3.98. The molecule has 0 spiro atoms. The van der Waals surface area contributed by atoms with E-state index in [1.807, 2.05) is 19.9 Å². The minimum Gasteiger partial charge on any atom is -0.223 e. The summed E-state index contributed by atoms with van der Waals surface area (Å²) < 4.78 is 15.1. The van der Waals surface area contributed by atoms with Gasteiger partial charge in [-0.2, -0.15) is 10.1 Å². The molecule has 0 fully saturated rings. The number of aryl methyl sites for hydroxylation is 2. The summed E-state index contributed by atoms with van der Waals surface area (Å²) in [5, 5.41) is 4.31. The molecule has 4 nitrogen and oxygen atoms in total. The molecule has 0 radical (unpaired) electrons. The Hall–Kier alpha value is -1.49. The largest absolute Gasteiger partial charge is 0.224 e. The SMILES string of the molecule is CCc1cc(CC)n(-c2nc(Cl)ncc2F)n1. The molecule has 0 saturated carbocycles. The van der Waals surface area contributed by atoms with E-state index in [2.05, 4.69) is 15.1 Å². The lowest BCUT2D eigenvalue weighted by molar-refractivity contribution is 0.587. The highest BCUT2D eigenvalue weighted by atomic mass is 35.5. The van der Waals surface area contributed by atoms with Crippen LogP contribution in [-0.2, 0) is 12.8 Å². The molecule has 0 aliphatic rings. The minimum atomic E-state index is -0.533. The van der Waals surface area contributed by atoms with Crippen molar-refractivity contribution in [2.45, 2.75) is 26.7 Å².